The Morgan fingerprint density at radius 3 is 2.13 bits per heavy atom. The molecule has 7 heteroatoms. The largest absolute Gasteiger partial charge is 0.497 e. The maximum absolute atomic E-state index is 10.9. The van der Waals surface area contributed by atoms with Crippen LogP contribution in [0.2, 0.25) is 0 Å². The van der Waals surface area contributed by atoms with Crippen molar-refractivity contribution >= 4 is 18.5 Å². The molecule has 0 spiro atoms. The van der Waals surface area contributed by atoms with Gasteiger partial charge in [-0.05, 0) is 117 Å². The highest BCUT2D eigenvalue weighted by atomic mass is 16.5. The molecule has 0 atom stereocenters. The Morgan fingerprint density at radius 1 is 0.851 bits per heavy atom. The summed E-state index contributed by atoms with van der Waals surface area (Å²) < 4.78 is 21.6. The van der Waals surface area contributed by atoms with Crippen molar-refractivity contribution in [2.24, 2.45) is 11.8 Å². The van der Waals surface area contributed by atoms with Crippen LogP contribution in [-0.2, 0) is 20.7 Å². The van der Waals surface area contributed by atoms with E-state index in [1.807, 2.05) is 42.5 Å². The molecule has 0 aliphatic heterocycles. The van der Waals surface area contributed by atoms with Crippen LogP contribution in [0, 0.1) is 17.2 Å². The van der Waals surface area contributed by atoms with Crippen molar-refractivity contribution < 1.29 is 28.5 Å². The van der Waals surface area contributed by atoms with Crippen LogP contribution in [0.3, 0.4) is 0 Å². The van der Waals surface area contributed by atoms with Crippen molar-refractivity contribution in [3.8, 4) is 28.4 Å². The second-order valence-electron chi connectivity index (χ2n) is 11.9. The van der Waals surface area contributed by atoms with Gasteiger partial charge < -0.3 is 29.2 Å². The molecule has 1 fully saturated rings. The third kappa shape index (κ3) is 13.5. The van der Waals surface area contributed by atoms with Crippen molar-refractivity contribution in [2.45, 2.75) is 71.1 Å². The van der Waals surface area contributed by atoms with Crippen molar-refractivity contribution in [1.29, 1.82) is 5.41 Å². The molecule has 1 aliphatic rings. The first-order valence-corrected chi connectivity index (χ1v) is 16.9. The second kappa shape index (κ2) is 21.4. The molecule has 0 radical (unpaired) electrons. The van der Waals surface area contributed by atoms with E-state index >= 15 is 0 Å². The number of ether oxygens (including phenoxy) is 4. The van der Waals surface area contributed by atoms with Crippen LogP contribution in [0.4, 0.5) is 0 Å². The summed E-state index contributed by atoms with van der Waals surface area (Å²) in [6, 6.07) is 22.2. The Balaban J connectivity index is 0.000000268. The maximum atomic E-state index is 10.9. The Morgan fingerprint density at radius 2 is 1.51 bits per heavy atom. The van der Waals surface area contributed by atoms with E-state index in [1.54, 1.807) is 7.11 Å². The molecule has 47 heavy (non-hydrogen) atoms. The van der Waals surface area contributed by atoms with E-state index in [0.29, 0.717) is 25.7 Å². The number of aryl methyl sites for hydroxylation is 1. The number of benzene rings is 3. The normalized spacial score (nSPS) is 15.4. The van der Waals surface area contributed by atoms with E-state index in [9.17, 15) is 9.59 Å². The number of unbranched alkanes of at least 4 members (excludes halogenated alkanes) is 3. The van der Waals surface area contributed by atoms with Crippen molar-refractivity contribution in [2.75, 3.05) is 26.9 Å². The van der Waals surface area contributed by atoms with Gasteiger partial charge in [-0.2, -0.15) is 0 Å². The molecule has 4 rings (SSSR count). The molecule has 7 nitrogen and oxygen atoms in total. The molecule has 252 valence electrons. The SMILES string of the molecule is C=CC(=O)OCCCCCCOc1ccc(OC)cc1.CCCc1ccc(-c2ccc(OCC3CCC(C=O)CC3)cc2C=N)cc1. The minimum Gasteiger partial charge on any atom is -0.497 e. The number of nitrogens with one attached hydrogen (secondary N) is 1. The molecule has 3 aromatic carbocycles. The topological polar surface area (TPSA) is 94.9 Å². The van der Waals surface area contributed by atoms with Crippen LogP contribution in [0.15, 0.2) is 79.4 Å². The van der Waals surface area contributed by atoms with Gasteiger partial charge in [-0.25, -0.2) is 4.79 Å². The molecule has 1 aliphatic carbocycles. The van der Waals surface area contributed by atoms with Gasteiger partial charge in [-0.15, -0.1) is 0 Å². The summed E-state index contributed by atoms with van der Waals surface area (Å²) in [6.45, 7) is 7.37. The van der Waals surface area contributed by atoms with Gasteiger partial charge in [-0.3, -0.25) is 0 Å². The van der Waals surface area contributed by atoms with Crippen molar-refractivity contribution in [1.82, 2.24) is 0 Å². The van der Waals surface area contributed by atoms with Crippen LogP contribution < -0.4 is 14.2 Å². The number of carbonyl (C=O) groups is 2. The summed E-state index contributed by atoms with van der Waals surface area (Å²) in [5, 5.41) is 7.80. The quantitative estimate of drug-likeness (QED) is 0.0490. The van der Waals surface area contributed by atoms with Gasteiger partial charge in [0.05, 0.1) is 26.9 Å². The fourth-order valence-corrected chi connectivity index (χ4v) is 5.51. The number of rotatable bonds is 18. The lowest BCUT2D eigenvalue weighted by atomic mass is 9.83. The van der Waals surface area contributed by atoms with E-state index in [0.717, 1.165) is 104 Å². The van der Waals surface area contributed by atoms with Gasteiger partial charge in [0.1, 0.15) is 23.5 Å². The third-order valence-electron chi connectivity index (χ3n) is 8.33. The number of aldehydes is 1. The third-order valence-corrected chi connectivity index (χ3v) is 8.33. The molecule has 0 heterocycles. The minimum absolute atomic E-state index is 0.244. The first kappa shape index (κ1) is 37.1. The van der Waals surface area contributed by atoms with Gasteiger partial charge in [0.15, 0.2) is 0 Å². The molecule has 3 aromatic rings. The fourth-order valence-electron chi connectivity index (χ4n) is 5.51. The average Bonchev–Trinajstić information content (AvgIpc) is 3.12. The molecular weight excluding hydrogens is 590 g/mol. The summed E-state index contributed by atoms with van der Waals surface area (Å²) in [7, 11) is 1.64. The van der Waals surface area contributed by atoms with Crippen molar-refractivity contribution in [3.63, 3.8) is 0 Å². The van der Waals surface area contributed by atoms with Gasteiger partial charge in [-0.1, -0.05) is 50.3 Å². The first-order chi connectivity index (χ1) is 23.0. The lowest BCUT2D eigenvalue weighted by Gasteiger charge is -2.25. The molecule has 0 unspecified atom stereocenters. The van der Waals surface area contributed by atoms with Gasteiger partial charge in [0.25, 0.3) is 0 Å². The van der Waals surface area contributed by atoms with Gasteiger partial charge in [0, 0.05) is 23.8 Å². The van der Waals surface area contributed by atoms with Crippen LogP contribution in [0.25, 0.3) is 11.1 Å². The van der Waals surface area contributed by atoms with E-state index < -0.39 is 0 Å². The predicted molar refractivity (Wildman–Crippen MR) is 189 cm³/mol. The zero-order valence-electron chi connectivity index (χ0n) is 28.1. The monoisotopic (exact) mass is 641 g/mol. The van der Waals surface area contributed by atoms with E-state index in [2.05, 4.69) is 37.8 Å². The highest BCUT2D eigenvalue weighted by Crippen LogP contribution is 2.30. The summed E-state index contributed by atoms with van der Waals surface area (Å²) in [4.78, 5) is 21.6. The minimum atomic E-state index is -0.354. The first-order valence-electron chi connectivity index (χ1n) is 16.9. The predicted octanol–water partition coefficient (Wildman–Crippen LogP) is 9.05. The maximum Gasteiger partial charge on any atom is 0.330 e. The Kier molecular flexibility index (Phi) is 16.9. The molecule has 0 bridgehead atoms. The Hall–Kier alpha value is -4.39. The number of esters is 1. The summed E-state index contributed by atoms with van der Waals surface area (Å²) >= 11 is 0. The van der Waals surface area contributed by atoms with Gasteiger partial charge >= 0.3 is 5.97 Å². The van der Waals surface area contributed by atoms with Crippen LogP contribution in [0.1, 0.15) is 75.8 Å². The standard InChI is InChI=1S/C24H29NO2.C16H22O4/c1-2-3-18-8-10-21(11-9-18)24-13-12-23(14-22(24)15-25)27-17-20-6-4-19(16-26)5-7-20;1-3-16(17)20-13-7-5-4-6-12-19-15-10-8-14(18-2)9-11-15/h8-16,19-20,25H,2-7,17H2,1H3;3,8-11H,1,4-7,12-13H2,2H3. The second-order valence-corrected chi connectivity index (χ2v) is 11.9. The van der Waals surface area contributed by atoms with Crippen LogP contribution in [-0.4, -0.2) is 45.4 Å². The number of carbonyl (C=O) groups excluding carboxylic acids is 2. The summed E-state index contributed by atoms with van der Waals surface area (Å²) in [6.07, 6.45) is 14.0. The summed E-state index contributed by atoms with van der Waals surface area (Å²) in [5.41, 5.74) is 4.42. The number of methoxy groups -OCH3 is 1. The van der Waals surface area contributed by atoms with E-state index in [-0.39, 0.29) is 11.9 Å². The van der Waals surface area contributed by atoms with Gasteiger partial charge in [0.2, 0.25) is 0 Å². The number of hydrogen-bond donors (Lipinski definition) is 1. The smallest absolute Gasteiger partial charge is 0.330 e. The number of hydrogen-bond acceptors (Lipinski definition) is 7. The molecule has 1 N–H and O–H groups in total. The zero-order valence-corrected chi connectivity index (χ0v) is 28.1. The summed E-state index contributed by atoms with van der Waals surface area (Å²) in [5.74, 6) is 2.91. The Bertz CT molecular complexity index is 1360. The lowest BCUT2D eigenvalue weighted by molar-refractivity contribution is -0.137. The zero-order chi connectivity index (χ0) is 33.7. The highest BCUT2D eigenvalue weighted by Gasteiger charge is 2.21. The molecular formula is C40H51NO6. The van der Waals surface area contributed by atoms with E-state index in [1.165, 1.54) is 17.9 Å². The molecule has 0 amide bonds. The van der Waals surface area contributed by atoms with Crippen molar-refractivity contribution in [3.05, 3.63) is 90.5 Å². The average molecular weight is 642 g/mol. The fraction of sp³-hybridized carbons (Fsp3) is 0.425. The Labute approximate surface area is 280 Å². The molecule has 0 saturated heterocycles. The lowest BCUT2D eigenvalue weighted by Crippen LogP contribution is -2.20. The molecule has 0 aromatic heterocycles. The van der Waals surface area contributed by atoms with E-state index in [4.69, 9.17) is 24.4 Å². The molecule has 1 saturated carbocycles. The highest BCUT2D eigenvalue weighted by molar-refractivity contribution is 5.89. The van der Waals surface area contributed by atoms with Crippen LogP contribution >= 0.6 is 0 Å². The van der Waals surface area contributed by atoms with Crippen LogP contribution in [0.5, 0.6) is 17.2 Å².